The van der Waals surface area contributed by atoms with Gasteiger partial charge in [0.25, 0.3) is 0 Å². The molecule has 6 nitrogen and oxygen atoms in total. The van der Waals surface area contributed by atoms with Gasteiger partial charge in [-0.05, 0) is 24.3 Å². The molecule has 7 heteroatoms. The van der Waals surface area contributed by atoms with Crippen molar-refractivity contribution in [3.8, 4) is 11.4 Å². The van der Waals surface area contributed by atoms with Crippen LogP contribution in [0.1, 0.15) is 12.3 Å². The first-order valence-electron chi connectivity index (χ1n) is 7.00. The Hall–Kier alpha value is -3.09. The van der Waals surface area contributed by atoms with Gasteiger partial charge in [-0.2, -0.15) is 4.98 Å². The first-order chi connectivity index (χ1) is 11.2. The summed E-state index contributed by atoms with van der Waals surface area (Å²) < 4.78 is 18.6. The highest BCUT2D eigenvalue weighted by atomic mass is 19.1. The zero-order valence-electron chi connectivity index (χ0n) is 12.1. The highest BCUT2D eigenvalue weighted by Gasteiger charge is 2.11. The van der Waals surface area contributed by atoms with E-state index in [1.54, 1.807) is 36.7 Å². The highest BCUT2D eigenvalue weighted by molar-refractivity contribution is 5.90. The zero-order chi connectivity index (χ0) is 16.1. The van der Waals surface area contributed by atoms with Gasteiger partial charge in [0.05, 0.1) is 5.69 Å². The van der Waals surface area contributed by atoms with Crippen molar-refractivity contribution in [1.82, 2.24) is 15.1 Å². The topological polar surface area (TPSA) is 80.9 Å². The monoisotopic (exact) mass is 312 g/mol. The Morgan fingerprint density at radius 1 is 1.17 bits per heavy atom. The molecular weight excluding hydrogens is 299 g/mol. The quantitative estimate of drug-likeness (QED) is 0.783. The molecule has 0 atom stereocenters. The Morgan fingerprint density at radius 3 is 2.74 bits per heavy atom. The fourth-order valence-corrected chi connectivity index (χ4v) is 1.97. The summed E-state index contributed by atoms with van der Waals surface area (Å²) in [5.41, 5.74) is 0.936. The summed E-state index contributed by atoms with van der Waals surface area (Å²) in [6, 6.07) is 9.52. The lowest BCUT2D eigenvalue weighted by molar-refractivity contribution is -0.116. The molecule has 0 bridgehead atoms. The van der Waals surface area contributed by atoms with Crippen molar-refractivity contribution in [3.05, 3.63) is 60.5 Å². The number of nitrogens with one attached hydrogen (secondary N) is 1. The van der Waals surface area contributed by atoms with Crippen molar-refractivity contribution in [1.29, 1.82) is 0 Å². The minimum Gasteiger partial charge on any atom is -0.339 e. The number of amides is 1. The molecule has 2 heterocycles. The number of para-hydroxylation sites is 1. The number of pyridine rings is 1. The van der Waals surface area contributed by atoms with Crippen LogP contribution in [0.4, 0.5) is 10.1 Å². The summed E-state index contributed by atoms with van der Waals surface area (Å²) >= 11 is 0. The Labute approximate surface area is 131 Å². The third-order valence-corrected chi connectivity index (χ3v) is 3.12. The molecule has 2 aromatic heterocycles. The number of anilines is 1. The molecule has 1 amide bonds. The maximum Gasteiger partial charge on any atom is 0.227 e. The van der Waals surface area contributed by atoms with Gasteiger partial charge in [0.1, 0.15) is 5.82 Å². The normalized spacial score (nSPS) is 10.5. The van der Waals surface area contributed by atoms with Crippen molar-refractivity contribution in [2.45, 2.75) is 12.8 Å². The molecule has 0 aliphatic carbocycles. The fourth-order valence-electron chi connectivity index (χ4n) is 1.97. The Kier molecular flexibility index (Phi) is 4.37. The van der Waals surface area contributed by atoms with Gasteiger partial charge in [-0.15, -0.1) is 0 Å². The molecule has 3 rings (SSSR count). The summed E-state index contributed by atoms with van der Waals surface area (Å²) in [5, 5.41) is 6.36. The van der Waals surface area contributed by atoms with Crippen molar-refractivity contribution in [2.24, 2.45) is 0 Å². The predicted molar refractivity (Wildman–Crippen MR) is 80.9 cm³/mol. The van der Waals surface area contributed by atoms with Crippen LogP contribution in [0.5, 0.6) is 0 Å². The molecule has 0 saturated heterocycles. The second-order valence-electron chi connectivity index (χ2n) is 4.78. The third kappa shape index (κ3) is 3.76. The van der Waals surface area contributed by atoms with Gasteiger partial charge in [-0.25, -0.2) is 4.39 Å². The minimum atomic E-state index is -0.474. The molecule has 116 valence electrons. The van der Waals surface area contributed by atoms with Crippen molar-refractivity contribution >= 4 is 11.6 Å². The van der Waals surface area contributed by atoms with Crippen LogP contribution in [0.3, 0.4) is 0 Å². The van der Waals surface area contributed by atoms with E-state index in [4.69, 9.17) is 4.52 Å². The molecule has 23 heavy (non-hydrogen) atoms. The van der Waals surface area contributed by atoms with E-state index in [9.17, 15) is 9.18 Å². The molecule has 3 aromatic rings. The maximum atomic E-state index is 13.4. The number of hydrogen-bond acceptors (Lipinski definition) is 5. The molecular formula is C16H13FN4O2. The van der Waals surface area contributed by atoms with Crippen LogP contribution in [0, 0.1) is 5.82 Å². The number of rotatable bonds is 5. The summed E-state index contributed by atoms with van der Waals surface area (Å²) in [6.07, 6.45) is 3.66. The first-order valence-corrected chi connectivity index (χ1v) is 7.00. The van der Waals surface area contributed by atoms with Crippen LogP contribution < -0.4 is 5.32 Å². The minimum absolute atomic E-state index is 0.117. The van der Waals surface area contributed by atoms with Crippen molar-refractivity contribution < 1.29 is 13.7 Å². The molecule has 0 radical (unpaired) electrons. The van der Waals surface area contributed by atoms with Crippen LogP contribution >= 0.6 is 0 Å². The Bertz CT molecular complexity index is 805. The number of carbonyl (C=O) groups is 1. The van der Waals surface area contributed by atoms with Gasteiger partial charge < -0.3 is 9.84 Å². The molecule has 1 N–H and O–H groups in total. The molecule has 0 aliphatic heterocycles. The second kappa shape index (κ2) is 6.78. The van der Waals surface area contributed by atoms with Crippen LogP contribution in [-0.2, 0) is 11.2 Å². The number of nitrogens with zero attached hydrogens (tertiary/aromatic N) is 3. The largest absolute Gasteiger partial charge is 0.339 e. The first kappa shape index (κ1) is 14.8. The van der Waals surface area contributed by atoms with Crippen LogP contribution in [0.2, 0.25) is 0 Å². The van der Waals surface area contributed by atoms with Crippen LogP contribution in [0.15, 0.2) is 53.3 Å². The van der Waals surface area contributed by atoms with E-state index >= 15 is 0 Å². The molecule has 0 spiro atoms. The van der Waals surface area contributed by atoms with Gasteiger partial charge >= 0.3 is 0 Å². The molecule has 0 fully saturated rings. The molecule has 0 aliphatic rings. The molecule has 0 saturated carbocycles. The fraction of sp³-hybridized carbons (Fsp3) is 0.125. The average Bonchev–Trinajstić information content (AvgIpc) is 3.05. The lowest BCUT2D eigenvalue weighted by atomic mass is 10.2. The van der Waals surface area contributed by atoms with E-state index in [-0.39, 0.29) is 24.4 Å². The van der Waals surface area contributed by atoms with E-state index < -0.39 is 5.82 Å². The van der Waals surface area contributed by atoms with Crippen LogP contribution in [0.25, 0.3) is 11.4 Å². The number of hydrogen-bond donors (Lipinski definition) is 1. The summed E-state index contributed by atoms with van der Waals surface area (Å²) in [4.78, 5) is 20.0. The van der Waals surface area contributed by atoms with Crippen molar-refractivity contribution in [2.75, 3.05) is 5.32 Å². The lowest BCUT2D eigenvalue weighted by Crippen LogP contribution is -2.13. The highest BCUT2D eigenvalue weighted by Crippen LogP contribution is 2.16. The van der Waals surface area contributed by atoms with E-state index in [1.807, 2.05) is 0 Å². The maximum absolute atomic E-state index is 13.4. The zero-order valence-corrected chi connectivity index (χ0v) is 12.1. The van der Waals surface area contributed by atoms with E-state index in [2.05, 4.69) is 20.4 Å². The van der Waals surface area contributed by atoms with E-state index in [0.717, 1.165) is 5.56 Å². The second-order valence-corrected chi connectivity index (χ2v) is 4.78. The molecule has 1 aromatic carbocycles. The number of aryl methyl sites for hydroxylation is 1. The predicted octanol–water partition coefficient (Wildman–Crippen LogP) is 2.84. The lowest BCUT2D eigenvalue weighted by Gasteiger charge is -2.04. The molecule has 0 unspecified atom stereocenters. The smallest absolute Gasteiger partial charge is 0.227 e. The summed E-state index contributed by atoms with van der Waals surface area (Å²) in [6.45, 7) is 0. The Balaban J connectivity index is 1.58. The number of carbonyl (C=O) groups excluding carboxylic acids is 1. The van der Waals surface area contributed by atoms with Gasteiger partial charge in [-0.1, -0.05) is 17.3 Å². The van der Waals surface area contributed by atoms with Gasteiger partial charge in [0, 0.05) is 30.8 Å². The van der Waals surface area contributed by atoms with Gasteiger partial charge in [0.2, 0.25) is 17.6 Å². The van der Waals surface area contributed by atoms with E-state index in [1.165, 1.54) is 12.1 Å². The van der Waals surface area contributed by atoms with Gasteiger partial charge in [0.15, 0.2) is 0 Å². The van der Waals surface area contributed by atoms with E-state index in [0.29, 0.717) is 11.7 Å². The third-order valence-electron chi connectivity index (χ3n) is 3.12. The number of benzene rings is 1. The van der Waals surface area contributed by atoms with Crippen molar-refractivity contribution in [3.63, 3.8) is 0 Å². The number of halogens is 1. The van der Waals surface area contributed by atoms with Gasteiger partial charge in [-0.3, -0.25) is 9.78 Å². The summed E-state index contributed by atoms with van der Waals surface area (Å²) in [7, 11) is 0. The average molecular weight is 312 g/mol. The Morgan fingerprint density at radius 2 is 1.96 bits per heavy atom. The summed E-state index contributed by atoms with van der Waals surface area (Å²) in [5.74, 6) is -0.00483. The van der Waals surface area contributed by atoms with Crippen LogP contribution in [-0.4, -0.2) is 21.0 Å². The standard InChI is InChI=1S/C16H13FN4O2/c17-12-3-1-2-4-13(12)19-14(22)5-6-15-20-16(21-23-15)11-7-9-18-10-8-11/h1-4,7-10H,5-6H2,(H,19,22). The SMILES string of the molecule is O=C(CCc1nc(-c2ccncc2)no1)Nc1ccccc1F. The number of aromatic nitrogens is 3.